The molecule has 0 bridgehead atoms. The van der Waals surface area contributed by atoms with Crippen LogP contribution >= 0.6 is 0 Å². The molecule has 2 aromatic carbocycles. The van der Waals surface area contributed by atoms with Gasteiger partial charge in [0.25, 0.3) is 0 Å². The zero-order valence-electron chi connectivity index (χ0n) is 13.9. The molecule has 1 unspecified atom stereocenters. The molecule has 3 nitrogen and oxygen atoms in total. The van der Waals surface area contributed by atoms with Crippen molar-refractivity contribution in [2.24, 2.45) is 0 Å². The summed E-state index contributed by atoms with van der Waals surface area (Å²) in [6, 6.07) is 12.7. The van der Waals surface area contributed by atoms with Crippen LogP contribution in [-0.2, 0) is 11.2 Å². The molecule has 0 aromatic heterocycles. The van der Waals surface area contributed by atoms with Gasteiger partial charge < -0.3 is 10.2 Å². The number of halogens is 2. The van der Waals surface area contributed by atoms with E-state index in [0.29, 0.717) is 18.5 Å². The standard InChI is InChI=1S/C19H22F2N2O/c1-23(2)18(15-7-5-8-16(20)12-15)13-22-19(24)11-10-14-6-3-4-9-17(14)21/h3-9,12,18H,10-11,13H2,1-2H3,(H,22,24). The molecule has 0 aliphatic carbocycles. The molecule has 5 heteroatoms. The maximum absolute atomic E-state index is 13.5. The Morgan fingerprint density at radius 2 is 1.88 bits per heavy atom. The molecule has 0 aliphatic rings. The summed E-state index contributed by atoms with van der Waals surface area (Å²) in [6.07, 6.45) is 0.565. The van der Waals surface area contributed by atoms with Crippen molar-refractivity contribution in [3.63, 3.8) is 0 Å². The van der Waals surface area contributed by atoms with E-state index in [0.717, 1.165) is 5.56 Å². The van der Waals surface area contributed by atoms with Crippen LogP contribution in [0.5, 0.6) is 0 Å². The summed E-state index contributed by atoms with van der Waals surface area (Å²) in [6.45, 7) is 0.368. The first-order valence-electron chi connectivity index (χ1n) is 7.89. The highest BCUT2D eigenvalue weighted by atomic mass is 19.1. The summed E-state index contributed by atoms with van der Waals surface area (Å²) in [5.41, 5.74) is 1.33. The minimum Gasteiger partial charge on any atom is -0.354 e. The van der Waals surface area contributed by atoms with Crippen LogP contribution in [-0.4, -0.2) is 31.4 Å². The second kappa shape index (κ2) is 8.55. The number of aryl methyl sites for hydroxylation is 1. The van der Waals surface area contributed by atoms with Crippen molar-refractivity contribution in [1.82, 2.24) is 10.2 Å². The molecule has 0 radical (unpaired) electrons. The van der Waals surface area contributed by atoms with E-state index >= 15 is 0 Å². The largest absolute Gasteiger partial charge is 0.354 e. The summed E-state index contributed by atoms with van der Waals surface area (Å²) in [5.74, 6) is -0.747. The van der Waals surface area contributed by atoms with Crippen molar-refractivity contribution in [2.75, 3.05) is 20.6 Å². The fraction of sp³-hybridized carbons (Fsp3) is 0.316. The van der Waals surface area contributed by atoms with Gasteiger partial charge in [-0.25, -0.2) is 8.78 Å². The Morgan fingerprint density at radius 1 is 1.12 bits per heavy atom. The van der Waals surface area contributed by atoms with Crippen LogP contribution in [0.15, 0.2) is 48.5 Å². The lowest BCUT2D eigenvalue weighted by atomic mass is 10.1. The number of rotatable bonds is 7. The highest BCUT2D eigenvalue weighted by Gasteiger charge is 2.16. The Bertz CT molecular complexity index is 689. The third-order valence-electron chi connectivity index (χ3n) is 3.93. The van der Waals surface area contributed by atoms with E-state index in [1.165, 1.54) is 18.2 Å². The maximum atomic E-state index is 13.5. The van der Waals surface area contributed by atoms with Crippen molar-refractivity contribution in [3.8, 4) is 0 Å². The van der Waals surface area contributed by atoms with Gasteiger partial charge in [0, 0.05) is 13.0 Å². The Morgan fingerprint density at radius 3 is 2.54 bits per heavy atom. The number of nitrogens with zero attached hydrogens (tertiary/aromatic N) is 1. The highest BCUT2D eigenvalue weighted by molar-refractivity contribution is 5.76. The zero-order chi connectivity index (χ0) is 17.5. The van der Waals surface area contributed by atoms with Crippen molar-refractivity contribution >= 4 is 5.91 Å². The predicted molar refractivity (Wildman–Crippen MR) is 90.6 cm³/mol. The Labute approximate surface area is 141 Å². The lowest BCUT2D eigenvalue weighted by Gasteiger charge is -2.25. The van der Waals surface area contributed by atoms with E-state index in [2.05, 4.69) is 5.32 Å². The predicted octanol–water partition coefficient (Wildman–Crippen LogP) is 3.32. The molecule has 0 spiro atoms. The molecule has 128 valence electrons. The molecular formula is C19H22F2N2O. The van der Waals surface area contributed by atoms with Crippen molar-refractivity contribution in [1.29, 1.82) is 0 Å². The number of hydrogen-bond acceptors (Lipinski definition) is 2. The normalized spacial score (nSPS) is 12.2. The molecule has 0 aliphatic heterocycles. The number of likely N-dealkylation sites (N-methyl/N-ethyl adjacent to an activating group) is 1. The van der Waals surface area contributed by atoms with Crippen LogP contribution in [0.2, 0.25) is 0 Å². The number of benzene rings is 2. The van der Waals surface area contributed by atoms with Gasteiger partial charge in [-0.05, 0) is 49.8 Å². The maximum Gasteiger partial charge on any atom is 0.220 e. The third kappa shape index (κ3) is 5.13. The summed E-state index contributed by atoms with van der Waals surface area (Å²) in [4.78, 5) is 13.9. The van der Waals surface area contributed by atoms with Crippen molar-refractivity contribution in [3.05, 3.63) is 71.3 Å². The molecule has 1 atom stereocenters. The molecule has 1 amide bonds. The first-order chi connectivity index (χ1) is 11.5. The van der Waals surface area contributed by atoms with Gasteiger partial charge in [0.15, 0.2) is 0 Å². The topological polar surface area (TPSA) is 32.3 Å². The summed E-state index contributed by atoms with van der Waals surface area (Å²) < 4.78 is 26.9. The van der Waals surface area contributed by atoms with E-state index in [1.807, 2.05) is 25.1 Å². The number of carbonyl (C=O) groups excluding carboxylic acids is 1. The molecule has 2 rings (SSSR count). The van der Waals surface area contributed by atoms with Gasteiger partial charge in [-0.1, -0.05) is 30.3 Å². The minimum absolute atomic E-state index is 0.127. The number of nitrogens with one attached hydrogen (secondary N) is 1. The Hall–Kier alpha value is -2.27. The SMILES string of the molecule is CN(C)C(CNC(=O)CCc1ccccc1F)c1cccc(F)c1. The first-order valence-corrected chi connectivity index (χ1v) is 7.89. The van der Waals surface area contributed by atoms with Gasteiger partial charge in [-0.3, -0.25) is 4.79 Å². The van der Waals surface area contributed by atoms with E-state index < -0.39 is 0 Å². The highest BCUT2D eigenvalue weighted by Crippen LogP contribution is 2.18. The smallest absolute Gasteiger partial charge is 0.220 e. The summed E-state index contributed by atoms with van der Waals surface area (Å²) >= 11 is 0. The van der Waals surface area contributed by atoms with Crippen LogP contribution in [0.1, 0.15) is 23.6 Å². The fourth-order valence-electron chi connectivity index (χ4n) is 2.56. The minimum atomic E-state index is -0.301. The lowest BCUT2D eigenvalue weighted by molar-refractivity contribution is -0.121. The molecule has 24 heavy (non-hydrogen) atoms. The molecule has 0 saturated heterocycles. The molecule has 0 saturated carbocycles. The van der Waals surface area contributed by atoms with Crippen LogP contribution < -0.4 is 5.32 Å². The first kappa shape index (κ1) is 18.1. The molecule has 1 N–H and O–H groups in total. The van der Waals surface area contributed by atoms with Gasteiger partial charge in [0.05, 0.1) is 6.04 Å². The van der Waals surface area contributed by atoms with Gasteiger partial charge in [0.2, 0.25) is 5.91 Å². The Kier molecular flexibility index (Phi) is 6.44. The monoisotopic (exact) mass is 332 g/mol. The van der Waals surface area contributed by atoms with Crippen molar-refractivity contribution < 1.29 is 13.6 Å². The lowest BCUT2D eigenvalue weighted by Crippen LogP contribution is -2.34. The second-order valence-electron chi connectivity index (χ2n) is 5.93. The molecule has 0 fully saturated rings. The van der Waals surface area contributed by atoms with Crippen LogP contribution in [0, 0.1) is 11.6 Å². The number of carbonyl (C=O) groups is 1. The molecule has 2 aromatic rings. The Balaban J connectivity index is 1.90. The van der Waals surface area contributed by atoms with Gasteiger partial charge in [0.1, 0.15) is 11.6 Å². The second-order valence-corrected chi connectivity index (χ2v) is 5.93. The van der Waals surface area contributed by atoms with Crippen LogP contribution in [0.3, 0.4) is 0 Å². The number of hydrogen-bond donors (Lipinski definition) is 1. The van der Waals surface area contributed by atoms with E-state index in [4.69, 9.17) is 0 Å². The van der Waals surface area contributed by atoms with E-state index in [1.54, 1.807) is 24.3 Å². The average molecular weight is 332 g/mol. The number of amides is 1. The van der Waals surface area contributed by atoms with E-state index in [-0.39, 0.29) is 30.0 Å². The average Bonchev–Trinajstić information content (AvgIpc) is 2.54. The van der Waals surface area contributed by atoms with Gasteiger partial charge in [-0.2, -0.15) is 0 Å². The van der Waals surface area contributed by atoms with Crippen LogP contribution in [0.4, 0.5) is 8.78 Å². The molecular weight excluding hydrogens is 310 g/mol. The molecule has 0 heterocycles. The summed E-state index contributed by atoms with van der Waals surface area (Å²) in [5, 5.41) is 2.85. The zero-order valence-corrected chi connectivity index (χ0v) is 13.9. The van der Waals surface area contributed by atoms with Gasteiger partial charge in [-0.15, -0.1) is 0 Å². The van der Waals surface area contributed by atoms with Crippen LogP contribution in [0.25, 0.3) is 0 Å². The fourth-order valence-corrected chi connectivity index (χ4v) is 2.56. The quantitative estimate of drug-likeness (QED) is 0.844. The van der Waals surface area contributed by atoms with Crippen molar-refractivity contribution in [2.45, 2.75) is 18.9 Å². The third-order valence-corrected chi connectivity index (χ3v) is 3.93. The van der Waals surface area contributed by atoms with E-state index in [9.17, 15) is 13.6 Å². The van der Waals surface area contributed by atoms with Gasteiger partial charge >= 0.3 is 0 Å². The summed E-state index contributed by atoms with van der Waals surface area (Å²) in [7, 11) is 3.75.